The summed E-state index contributed by atoms with van der Waals surface area (Å²) in [4.78, 5) is 17.0. The second kappa shape index (κ2) is 7.42. The third-order valence-corrected chi connectivity index (χ3v) is 4.14. The van der Waals surface area contributed by atoms with Crippen molar-refractivity contribution in [2.45, 2.75) is 38.7 Å². The van der Waals surface area contributed by atoms with Crippen LogP contribution < -0.4 is 10.1 Å². The van der Waals surface area contributed by atoms with Gasteiger partial charge in [-0.25, -0.2) is 0 Å². The maximum atomic E-state index is 12.7. The molecule has 0 saturated heterocycles. The molecule has 2 aromatic rings. The van der Waals surface area contributed by atoms with E-state index in [-0.39, 0.29) is 5.91 Å². The minimum Gasteiger partial charge on any atom is -0.494 e. The van der Waals surface area contributed by atoms with Gasteiger partial charge in [0.2, 0.25) is 0 Å². The van der Waals surface area contributed by atoms with Crippen LogP contribution in [0.4, 0.5) is 5.69 Å². The van der Waals surface area contributed by atoms with Gasteiger partial charge in [0.1, 0.15) is 16.9 Å². The molecule has 0 aliphatic heterocycles. The normalized spacial score (nSPS) is 13.6. The summed E-state index contributed by atoms with van der Waals surface area (Å²) in [5.41, 5.74) is 0.587. The van der Waals surface area contributed by atoms with Crippen molar-refractivity contribution >= 4 is 22.5 Å². The minimum absolute atomic E-state index is 0.149. The zero-order chi connectivity index (χ0) is 16.9. The van der Waals surface area contributed by atoms with E-state index >= 15 is 0 Å². The van der Waals surface area contributed by atoms with E-state index in [4.69, 9.17) is 9.47 Å². The number of rotatable bonds is 7. The van der Waals surface area contributed by atoms with Crippen LogP contribution in [-0.4, -0.2) is 30.7 Å². The van der Waals surface area contributed by atoms with Crippen LogP contribution in [0.3, 0.4) is 0 Å². The van der Waals surface area contributed by atoms with Gasteiger partial charge in [-0.15, -0.1) is 0 Å². The fraction of sp³-hybridized carbons (Fsp3) is 0.444. The Kier molecular flexibility index (Phi) is 5.55. The first kappa shape index (κ1) is 17.2. The van der Waals surface area contributed by atoms with Gasteiger partial charge < -0.3 is 14.8 Å². The highest BCUT2D eigenvalue weighted by atomic mass is 16.5. The lowest BCUT2D eigenvalue weighted by atomic mass is 9.97. The van der Waals surface area contributed by atoms with E-state index in [9.17, 15) is 4.79 Å². The van der Waals surface area contributed by atoms with E-state index in [0.717, 1.165) is 23.7 Å². The van der Waals surface area contributed by atoms with Crippen molar-refractivity contribution in [3.63, 3.8) is 0 Å². The van der Waals surface area contributed by atoms with Crippen LogP contribution in [0.25, 0.3) is 10.9 Å². The molecule has 1 amide bonds. The molecule has 0 saturated carbocycles. The number of nitrogens with zero attached hydrogens (tertiary/aromatic N) is 1. The molecule has 5 heteroatoms. The van der Waals surface area contributed by atoms with Crippen LogP contribution in [0.2, 0.25) is 0 Å². The maximum absolute atomic E-state index is 12.7. The predicted molar refractivity (Wildman–Crippen MR) is 91.9 cm³/mol. The summed E-state index contributed by atoms with van der Waals surface area (Å²) >= 11 is 0. The highest BCUT2D eigenvalue weighted by Crippen LogP contribution is 2.31. The molecule has 2 rings (SSSR count). The Bertz CT molecular complexity index is 687. The van der Waals surface area contributed by atoms with E-state index in [1.54, 1.807) is 26.5 Å². The van der Waals surface area contributed by atoms with Gasteiger partial charge in [0.05, 0.1) is 12.8 Å². The lowest BCUT2D eigenvalue weighted by molar-refractivity contribution is -0.136. The average Bonchev–Trinajstić information content (AvgIpc) is 2.59. The number of unbranched alkanes of at least 4 members (excludes halogenated alkanes) is 1. The smallest absolute Gasteiger partial charge is 0.256 e. The van der Waals surface area contributed by atoms with E-state index in [2.05, 4.69) is 17.2 Å². The van der Waals surface area contributed by atoms with Crippen LogP contribution in [0.15, 0.2) is 30.5 Å². The van der Waals surface area contributed by atoms with Crippen molar-refractivity contribution in [1.29, 1.82) is 0 Å². The molecule has 1 aromatic heterocycles. The zero-order valence-corrected chi connectivity index (χ0v) is 14.2. The highest BCUT2D eigenvalue weighted by molar-refractivity contribution is 6.05. The fourth-order valence-electron chi connectivity index (χ4n) is 2.50. The summed E-state index contributed by atoms with van der Waals surface area (Å²) in [6, 6.07) is 7.39. The second-order valence-electron chi connectivity index (χ2n) is 5.71. The molecule has 0 unspecified atom stereocenters. The summed E-state index contributed by atoms with van der Waals surface area (Å²) in [5.74, 6) is 0.530. The number of anilines is 1. The third-order valence-electron chi connectivity index (χ3n) is 4.14. The van der Waals surface area contributed by atoms with Gasteiger partial charge in [-0.3, -0.25) is 9.78 Å². The van der Waals surface area contributed by atoms with Gasteiger partial charge >= 0.3 is 0 Å². The number of hydrogen-bond donors (Lipinski definition) is 1. The average molecular weight is 316 g/mol. The maximum Gasteiger partial charge on any atom is 0.256 e. The van der Waals surface area contributed by atoms with E-state index < -0.39 is 5.60 Å². The van der Waals surface area contributed by atoms with Gasteiger partial charge in [-0.1, -0.05) is 19.8 Å². The number of amides is 1. The van der Waals surface area contributed by atoms with Crippen molar-refractivity contribution < 1.29 is 14.3 Å². The molecule has 5 nitrogen and oxygen atoms in total. The van der Waals surface area contributed by atoms with Crippen molar-refractivity contribution in [2.75, 3.05) is 19.5 Å². The molecule has 1 N–H and O–H groups in total. The number of nitrogens with one attached hydrogen (secondary N) is 1. The van der Waals surface area contributed by atoms with Crippen molar-refractivity contribution in [2.24, 2.45) is 0 Å². The summed E-state index contributed by atoms with van der Waals surface area (Å²) in [6.07, 6.45) is 4.33. The zero-order valence-electron chi connectivity index (χ0n) is 14.2. The number of benzene rings is 1. The van der Waals surface area contributed by atoms with Gasteiger partial charge in [0.15, 0.2) is 0 Å². The number of fused-ring (bicyclic) bond motifs is 1. The Morgan fingerprint density at radius 1 is 1.30 bits per heavy atom. The molecule has 1 aromatic carbocycles. The lowest BCUT2D eigenvalue weighted by Gasteiger charge is -2.27. The Labute approximate surface area is 137 Å². The van der Waals surface area contributed by atoms with Crippen LogP contribution in [-0.2, 0) is 9.53 Å². The van der Waals surface area contributed by atoms with Crippen LogP contribution in [0, 0.1) is 0 Å². The molecule has 0 aliphatic carbocycles. The highest BCUT2D eigenvalue weighted by Gasteiger charge is 2.32. The molecular weight excluding hydrogens is 292 g/mol. The number of methoxy groups -OCH3 is 2. The molecule has 124 valence electrons. The van der Waals surface area contributed by atoms with Gasteiger partial charge in [-0.05, 0) is 37.6 Å². The first-order valence-corrected chi connectivity index (χ1v) is 7.84. The topological polar surface area (TPSA) is 60.5 Å². The van der Waals surface area contributed by atoms with Gasteiger partial charge in [0, 0.05) is 18.7 Å². The largest absolute Gasteiger partial charge is 0.494 e. The van der Waals surface area contributed by atoms with E-state index in [1.165, 1.54) is 0 Å². The molecule has 1 atom stereocenters. The molecule has 0 radical (unpaired) electrons. The first-order chi connectivity index (χ1) is 11.1. The molecule has 0 spiro atoms. The van der Waals surface area contributed by atoms with Crippen molar-refractivity contribution in [3.8, 4) is 5.75 Å². The Balaban J connectivity index is 2.33. The van der Waals surface area contributed by atoms with E-state index in [0.29, 0.717) is 17.9 Å². The standard InChI is InChI=1S/C18H24N2O3/c1-5-6-11-18(2,23-4)17(21)20-14-9-10-15(22-3)16-13(14)8-7-12-19-16/h7-10,12H,5-6,11H2,1-4H3,(H,20,21)/t18-/m1/s1. The van der Waals surface area contributed by atoms with Gasteiger partial charge in [-0.2, -0.15) is 0 Å². The predicted octanol–water partition coefficient (Wildman–Crippen LogP) is 3.78. The first-order valence-electron chi connectivity index (χ1n) is 7.84. The van der Waals surface area contributed by atoms with Crippen molar-refractivity contribution in [3.05, 3.63) is 30.5 Å². The number of aromatic nitrogens is 1. The number of carbonyl (C=O) groups excluding carboxylic acids is 1. The van der Waals surface area contributed by atoms with Crippen LogP contribution >= 0.6 is 0 Å². The number of carbonyl (C=O) groups is 1. The molecule has 0 fully saturated rings. The summed E-state index contributed by atoms with van der Waals surface area (Å²) in [6.45, 7) is 3.92. The number of ether oxygens (including phenoxy) is 2. The lowest BCUT2D eigenvalue weighted by Crippen LogP contribution is -2.42. The summed E-state index contributed by atoms with van der Waals surface area (Å²) in [7, 11) is 3.18. The Hall–Kier alpha value is -2.14. The summed E-state index contributed by atoms with van der Waals surface area (Å²) < 4.78 is 10.8. The Morgan fingerprint density at radius 2 is 2.09 bits per heavy atom. The fourth-order valence-corrected chi connectivity index (χ4v) is 2.50. The van der Waals surface area contributed by atoms with Gasteiger partial charge in [0.25, 0.3) is 5.91 Å². The molecular formula is C18H24N2O3. The monoisotopic (exact) mass is 316 g/mol. The molecule has 1 heterocycles. The quantitative estimate of drug-likeness (QED) is 0.844. The molecule has 23 heavy (non-hydrogen) atoms. The third kappa shape index (κ3) is 3.62. The Morgan fingerprint density at radius 3 is 2.74 bits per heavy atom. The number of pyridine rings is 1. The van der Waals surface area contributed by atoms with E-state index in [1.807, 2.05) is 25.1 Å². The SMILES string of the molecule is CCCC[C@@](C)(OC)C(=O)Nc1ccc(OC)c2ncccc12. The van der Waals surface area contributed by atoms with Crippen LogP contribution in [0.1, 0.15) is 33.1 Å². The minimum atomic E-state index is -0.843. The van der Waals surface area contributed by atoms with Crippen LogP contribution in [0.5, 0.6) is 5.75 Å². The van der Waals surface area contributed by atoms with Crippen molar-refractivity contribution in [1.82, 2.24) is 4.98 Å². The molecule has 0 bridgehead atoms. The number of hydrogen-bond acceptors (Lipinski definition) is 4. The summed E-state index contributed by atoms with van der Waals surface area (Å²) in [5, 5.41) is 3.82. The second-order valence-corrected chi connectivity index (χ2v) is 5.71. The molecule has 0 aliphatic rings.